The largest absolute Gasteiger partial charge is 0.342 e. The van der Waals surface area contributed by atoms with Gasteiger partial charge in [-0.15, -0.1) is 0 Å². The molecule has 0 spiro atoms. The lowest BCUT2D eigenvalue weighted by molar-refractivity contribution is -0.635. The number of quaternary nitrogens is 2. The topological polar surface area (TPSA) is 211 Å². The second-order valence-electron chi connectivity index (χ2n) is 12.4. The van der Waals surface area contributed by atoms with E-state index >= 15 is 0 Å². The van der Waals surface area contributed by atoms with E-state index in [1.807, 2.05) is 48.5 Å². The summed E-state index contributed by atoms with van der Waals surface area (Å²) in [5.74, 6) is 6.07. The summed E-state index contributed by atoms with van der Waals surface area (Å²) in [7, 11) is -8.18. The molecule has 14 nitrogen and oxygen atoms in total. The molecule has 0 radical (unpaired) electrons. The standard InChI is InChI=1S/C36H22N6O8S2/c37-49-51(45,46)17-7-13-29-27(15-17)39-33-23-5-1-3-21-20(10-12-26(31(21)23)36(44)41(29)33)19-9-11-24-32-22(19)4-2-6-25(32)35(43)42-30-14-8-18(52(47,48)50-38)16-28(30)40-34(24)42/h1-16H,37-38H3/q+2. The average Bonchev–Trinajstić information content (AvgIpc) is 3.74. The first-order valence-corrected chi connectivity index (χ1v) is 18.5. The molecule has 6 aromatic carbocycles. The SMILES string of the molecule is [NH3+]OS(=O)(=O)c1ccc2c(c1)nc1c3cccc4c(-c5ccc6c7c5cccc7c(=O)n5c7ccc(S(=O)(=O)O[NH3+])cc7nc65)ccc(c(=O)n21)c43. The monoisotopic (exact) mass is 730 g/mol. The van der Waals surface area contributed by atoms with Gasteiger partial charge in [0, 0.05) is 32.3 Å². The Labute approximate surface area is 290 Å². The maximum Gasteiger partial charge on any atom is 0.342 e. The van der Waals surface area contributed by atoms with E-state index in [1.54, 1.807) is 12.1 Å². The number of nitrogens with zero attached hydrogens (tertiary/aromatic N) is 4. The van der Waals surface area contributed by atoms with Gasteiger partial charge in [-0.05, 0) is 76.5 Å². The third-order valence-corrected chi connectivity index (χ3v) is 12.1. The van der Waals surface area contributed by atoms with Crippen LogP contribution in [0.25, 0.3) is 87.6 Å². The first kappa shape index (κ1) is 30.7. The van der Waals surface area contributed by atoms with Crippen molar-refractivity contribution in [3.05, 3.63) is 118 Å². The van der Waals surface area contributed by atoms with Crippen molar-refractivity contribution in [3.8, 4) is 11.1 Å². The zero-order chi connectivity index (χ0) is 35.8. The molecule has 10 aromatic rings. The molecule has 0 aliphatic carbocycles. The lowest BCUT2D eigenvalue weighted by Crippen LogP contribution is -2.51. The van der Waals surface area contributed by atoms with Crippen molar-refractivity contribution in [1.82, 2.24) is 18.8 Å². The number of fused-ring (bicyclic) bond motifs is 8. The number of aromatic nitrogens is 4. The molecule has 10 rings (SSSR count). The predicted octanol–water partition coefficient (Wildman–Crippen LogP) is 2.89. The normalized spacial score (nSPS) is 13.0. The van der Waals surface area contributed by atoms with Gasteiger partial charge in [0.15, 0.2) is 0 Å². The Morgan fingerprint density at radius 1 is 0.500 bits per heavy atom. The highest BCUT2D eigenvalue weighted by molar-refractivity contribution is 7.86. The summed E-state index contributed by atoms with van der Waals surface area (Å²) in [5, 5.41) is 5.25. The Morgan fingerprint density at radius 2 is 0.904 bits per heavy atom. The molecule has 0 aliphatic heterocycles. The van der Waals surface area contributed by atoms with Crippen molar-refractivity contribution in [2.24, 2.45) is 0 Å². The molecule has 0 aliphatic rings. The van der Waals surface area contributed by atoms with Crippen LogP contribution in [-0.2, 0) is 28.8 Å². The summed E-state index contributed by atoms with van der Waals surface area (Å²) < 4.78 is 61.3. The predicted molar refractivity (Wildman–Crippen MR) is 192 cm³/mol. The van der Waals surface area contributed by atoms with Gasteiger partial charge in [-0.1, -0.05) is 51.0 Å². The fourth-order valence-electron chi connectivity index (χ4n) is 7.59. The summed E-state index contributed by atoms with van der Waals surface area (Å²) in [4.78, 5) is 37.4. The second kappa shape index (κ2) is 10.2. The summed E-state index contributed by atoms with van der Waals surface area (Å²) in [5.41, 5.74) is 3.27. The van der Waals surface area contributed by atoms with Gasteiger partial charge in [-0.25, -0.2) is 9.97 Å². The Morgan fingerprint density at radius 3 is 1.38 bits per heavy atom. The Hall–Kier alpha value is -6.14. The van der Waals surface area contributed by atoms with Crippen LogP contribution in [0, 0.1) is 0 Å². The molecular formula is C36H22N6O8S2+2. The number of benzene rings is 6. The summed E-state index contributed by atoms with van der Waals surface area (Å²) >= 11 is 0. The van der Waals surface area contributed by atoms with Crippen LogP contribution in [0.15, 0.2) is 116 Å². The average molecular weight is 731 g/mol. The van der Waals surface area contributed by atoms with Gasteiger partial charge in [0.25, 0.3) is 11.1 Å². The zero-order valence-electron chi connectivity index (χ0n) is 26.5. The second-order valence-corrected chi connectivity index (χ2v) is 15.6. The van der Waals surface area contributed by atoms with Crippen LogP contribution >= 0.6 is 0 Å². The van der Waals surface area contributed by atoms with E-state index in [0.717, 1.165) is 21.9 Å². The fraction of sp³-hybridized carbons (Fsp3) is 0. The summed E-state index contributed by atoms with van der Waals surface area (Å²) in [6.07, 6.45) is 0. The van der Waals surface area contributed by atoms with Crippen LogP contribution in [0.2, 0.25) is 0 Å². The van der Waals surface area contributed by atoms with Gasteiger partial charge in [0.1, 0.15) is 21.1 Å². The summed E-state index contributed by atoms with van der Waals surface area (Å²) in [6, 6.07) is 27.1. The fourth-order valence-corrected chi connectivity index (χ4v) is 8.85. The number of hydrogen-bond acceptors (Lipinski definition) is 10. The van der Waals surface area contributed by atoms with E-state index < -0.39 is 20.2 Å². The number of pyridine rings is 2. The highest BCUT2D eigenvalue weighted by atomic mass is 32.2. The van der Waals surface area contributed by atoms with Crippen molar-refractivity contribution in [1.29, 1.82) is 0 Å². The van der Waals surface area contributed by atoms with Crippen LogP contribution in [0.1, 0.15) is 0 Å². The van der Waals surface area contributed by atoms with Crippen molar-refractivity contribution in [2.45, 2.75) is 9.79 Å². The maximum atomic E-state index is 14.1. The first-order chi connectivity index (χ1) is 25.0. The third-order valence-electron chi connectivity index (χ3n) is 9.86. The molecule has 16 heteroatoms. The molecule has 4 aromatic heterocycles. The molecule has 0 atom stereocenters. The molecule has 0 unspecified atom stereocenters. The van der Waals surface area contributed by atoms with Gasteiger partial charge in [-0.3, -0.25) is 18.4 Å². The minimum absolute atomic E-state index is 0.130. The lowest BCUT2D eigenvalue weighted by atomic mass is 9.90. The molecule has 0 bridgehead atoms. The molecule has 52 heavy (non-hydrogen) atoms. The zero-order valence-corrected chi connectivity index (χ0v) is 28.2. The molecular weight excluding hydrogens is 709 g/mol. The quantitative estimate of drug-likeness (QED) is 0.247. The van der Waals surface area contributed by atoms with Gasteiger partial charge in [0.2, 0.25) is 0 Å². The van der Waals surface area contributed by atoms with Crippen LogP contribution in [0.3, 0.4) is 0 Å². The smallest absolute Gasteiger partial charge is 0.268 e. The molecule has 254 valence electrons. The minimum Gasteiger partial charge on any atom is -0.268 e. The number of rotatable bonds is 5. The number of imidazole rings is 2. The van der Waals surface area contributed by atoms with E-state index in [4.69, 9.17) is 9.97 Å². The highest BCUT2D eigenvalue weighted by Crippen LogP contribution is 2.41. The van der Waals surface area contributed by atoms with Gasteiger partial charge in [0.05, 0.1) is 22.1 Å². The Kier molecular flexibility index (Phi) is 6.03. The van der Waals surface area contributed by atoms with Crippen LogP contribution in [-0.4, -0.2) is 35.6 Å². The van der Waals surface area contributed by atoms with E-state index in [0.29, 0.717) is 65.7 Å². The first-order valence-electron chi connectivity index (χ1n) is 15.7. The van der Waals surface area contributed by atoms with Crippen LogP contribution in [0.4, 0.5) is 0 Å². The van der Waals surface area contributed by atoms with Gasteiger partial charge in [-0.2, -0.15) is 28.6 Å². The molecule has 6 N–H and O–H groups in total. The van der Waals surface area contributed by atoms with Gasteiger partial charge >= 0.3 is 20.2 Å². The van der Waals surface area contributed by atoms with Gasteiger partial charge < -0.3 is 0 Å². The lowest BCUT2D eigenvalue weighted by Gasteiger charge is -2.15. The van der Waals surface area contributed by atoms with Crippen molar-refractivity contribution >= 4 is 96.7 Å². The highest BCUT2D eigenvalue weighted by Gasteiger charge is 2.24. The van der Waals surface area contributed by atoms with E-state index in [-0.39, 0.29) is 20.9 Å². The van der Waals surface area contributed by atoms with Crippen molar-refractivity contribution in [2.75, 3.05) is 0 Å². The Balaban J connectivity index is 1.25. The van der Waals surface area contributed by atoms with E-state index in [9.17, 15) is 26.4 Å². The number of hydrogen-bond donors (Lipinski definition) is 2. The molecule has 0 saturated carbocycles. The minimum atomic E-state index is -4.09. The van der Waals surface area contributed by atoms with E-state index in [1.165, 1.54) is 45.2 Å². The van der Waals surface area contributed by atoms with E-state index in [2.05, 4.69) is 20.4 Å². The molecule has 0 saturated heterocycles. The van der Waals surface area contributed by atoms with Crippen molar-refractivity contribution in [3.63, 3.8) is 0 Å². The molecule has 0 amide bonds. The Bertz CT molecular complexity index is 3400. The maximum absolute atomic E-state index is 14.1. The summed E-state index contributed by atoms with van der Waals surface area (Å²) in [6.45, 7) is 0. The van der Waals surface area contributed by atoms with Crippen molar-refractivity contribution < 1.29 is 37.2 Å². The molecule has 4 heterocycles. The van der Waals surface area contributed by atoms with Crippen LogP contribution < -0.4 is 22.9 Å². The third kappa shape index (κ3) is 3.89. The molecule has 0 fully saturated rings. The van der Waals surface area contributed by atoms with Crippen LogP contribution in [0.5, 0.6) is 0 Å².